The van der Waals surface area contributed by atoms with Crippen LogP contribution >= 0.6 is 0 Å². The summed E-state index contributed by atoms with van der Waals surface area (Å²) in [6.45, 7) is 29.2. The highest BCUT2D eigenvalue weighted by Crippen LogP contribution is 2.37. The summed E-state index contributed by atoms with van der Waals surface area (Å²) in [6, 6.07) is 0. The van der Waals surface area contributed by atoms with Gasteiger partial charge in [0.25, 0.3) is 0 Å². The fourth-order valence-electron chi connectivity index (χ4n) is 7.02. The maximum Gasteiger partial charge on any atom is 0.0128 e. The van der Waals surface area contributed by atoms with E-state index in [-0.39, 0.29) is 5.54 Å². The molecule has 0 aromatic heterocycles. The Kier molecular flexibility index (Phi) is 18.3. The van der Waals surface area contributed by atoms with E-state index in [2.05, 4.69) is 83.1 Å². The Morgan fingerprint density at radius 1 is 0.611 bits per heavy atom. The molecule has 0 spiro atoms. The van der Waals surface area contributed by atoms with E-state index in [1.165, 1.54) is 83.5 Å². The Labute approximate surface area is 230 Å². The molecule has 0 saturated carbocycles. The molecule has 0 aromatic rings. The summed E-state index contributed by atoms with van der Waals surface area (Å²) in [5, 5.41) is 0. The minimum atomic E-state index is 0.0237. The van der Waals surface area contributed by atoms with Crippen LogP contribution in [0.15, 0.2) is 0 Å². The van der Waals surface area contributed by atoms with Crippen molar-refractivity contribution in [3.05, 3.63) is 0 Å². The monoisotopic (exact) mass is 508 g/mol. The van der Waals surface area contributed by atoms with E-state index < -0.39 is 0 Å². The predicted molar refractivity (Wildman–Crippen MR) is 167 cm³/mol. The van der Waals surface area contributed by atoms with Gasteiger partial charge in [-0.05, 0) is 92.3 Å². The molecule has 0 rings (SSSR count). The van der Waals surface area contributed by atoms with E-state index >= 15 is 0 Å². The van der Waals surface area contributed by atoms with Gasteiger partial charge in [0.15, 0.2) is 0 Å². The SMILES string of the molecule is CCC[C@@](C)(N)CC(C)CCCC(C)(C)CCC(C)CCC(C(C)CC)C(C)CCC(CC)C(C)C. The highest BCUT2D eigenvalue weighted by molar-refractivity contribution is 4.81. The van der Waals surface area contributed by atoms with Gasteiger partial charge in [0.1, 0.15) is 0 Å². The first-order chi connectivity index (χ1) is 16.7. The molecule has 0 aliphatic rings. The van der Waals surface area contributed by atoms with Gasteiger partial charge in [-0.1, -0.05) is 128 Å². The first kappa shape index (κ1) is 36.0. The minimum Gasteiger partial charge on any atom is -0.325 e. The number of hydrogen-bond acceptors (Lipinski definition) is 1. The Bertz CT molecular complexity index is 519. The molecule has 0 fully saturated rings. The molecule has 0 bridgehead atoms. The first-order valence-corrected chi connectivity index (χ1v) is 16.5. The van der Waals surface area contributed by atoms with Crippen molar-refractivity contribution in [2.45, 2.75) is 179 Å². The second-order valence-corrected chi connectivity index (χ2v) is 15.0. The van der Waals surface area contributed by atoms with E-state index in [1.54, 1.807) is 0 Å². The highest BCUT2D eigenvalue weighted by Gasteiger charge is 2.26. The molecule has 0 aromatic carbocycles. The van der Waals surface area contributed by atoms with E-state index in [9.17, 15) is 0 Å². The van der Waals surface area contributed by atoms with E-state index in [4.69, 9.17) is 5.73 Å². The Hall–Kier alpha value is -0.0400. The largest absolute Gasteiger partial charge is 0.325 e. The van der Waals surface area contributed by atoms with Gasteiger partial charge in [0.05, 0.1) is 0 Å². The molecular formula is C35H73N. The molecule has 6 unspecified atom stereocenters. The molecule has 0 saturated heterocycles. The second-order valence-electron chi connectivity index (χ2n) is 15.0. The van der Waals surface area contributed by atoms with Crippen molar-refractivity contribution in [2.75, 3.05) is 0 Å². The zero-order chi connectivity index (χ0) is 27.9. The van der Waals surface area contributed by atoms with E-state index in [0.29, 0.717) is 5.41 Å². The standard InChI is InChI=1S/C35H73N/c1-13-23-35(12,36)26-29(7)17-16-24-34(10,11)25-22-28(6)18-21-33(30(8)14-2)31(9)19-20-32(15-3)27(4)5/h27-33H,13-26,36H2,1-12H3/t28?,29?,30?,31?,32?,33?,35-/m1/s1. The summed E-state index contributed by atoms with van der Waals surface area (Å²) in [7, 11) is 0. The van der Waals surface area contributed by atoms with Crippen LogP contribution in [0.4, 0.5) is 0 Å². The molecule has 0 amide bonds. The minimum absolute atomic E-state index is 0.0237. The van der Waals surface area contributed by atoms with Crippen LogP contribution in [-0.4, -0.2) is 5.54 Å². The first-order valence-electron chi connectivity index (χ1n) is 16.5. The van der Waals surface area contributed by atoms with Crippen LogP contribution in [0.3, 0.4) is 0 Å². The summed E-state index contributed by atoms with van der Waals surface area (Å²) in [5.41, 5.74) is 7.01. The normalized spacial score (nSPS) is 19.5. The lowest BCUT2D eigenvalue weighted by Crippen LogP contribution is -2.37. The third-order valence-electron chi connectivity index (χ3n) is 10.1. The number of hydrogen-bond donors (Lipinski definition) is 1. The third kappa shape index (κ3) is 16.0. The van der Waals surface area contributed by atoms with E-state index in [1.807, 2.05) is 0 Å². The maximum absolute atomic E-state index is 6.51. The van der Waals surface area contributed by atoms with Gasteiger partial charge in [0, 0.05) is 5.54 Å². The van der Waals surface area contributed by atoms with Crippen LogP contribution in [0.25, 0.3) is 0 Å². The lowest BCUT2D eigenvalue weighted by atomic mass is 9.73. The molecule has 0 heterocycles. The molecule has 0 aliphatic carbocycles. The van der Waals surface area contributed by atoms with Crippen LogP contribution < -0.4 is 5.73 Å². The third-order valence-corrected chi connectivity index (χ3v) is 10.1. The fraction of sp³-hybridized carbons (Fsp3) is 1.00. The summed E-state index contributed by atoms with van der Waals surface area (Å²) < 4.78 is 0. The van der Waals surface area contributed by atoms with Gasteiger partial charge in [0.2, 0.25) is 0 Å². The number of nitrogens with two attached hydrogens (primary N) is 1. The van der Waals surface area contributed by atoms with Gasteiger partial charge in [-0.25, -0.2) is 0 Å². The Balaban J connectivity index is 4.53. The fourth-order valence-corrected chi connectivity index (χ4v) is 7.02. The van der Waals surface area contributed by atoms with Crippen molar-refractivity contribution in [2.24, 2.45) is 52.6 Å². The molecule has 0 aliphatic heterocycles. The molecule has 1 nitrogen and oxygen atoms in total. The quantitative estimate of drug-likeness (QED) is 0.155. The van der Waals surface area contributed by atoms with Gasteiger partial charge in [-0.2, -0.15) is 0 Å². The lowest BCUT2D eigenvalue weighted by Gasteiger charge is -2.32. The summed E-state index contributed by atoms with van der Waals surface area (Å²) in [5.74, 6) is 5.96. The van der Waals surface area contributed by atoms with Crippen molar-refractivity contribution in [1.82, 2.24) is 0 Å². The van der Waals surface area contributed by atoms with Gasteiger partial charge >= 0.3 is 0 Å². The van der Waals surface area contributed by atoms with Crippen LogP contribution in [0, 0.1) is 46.8 Å². The molecule has 218 valence electrons. The van der Waals surface area contributed by atoms with E-state index in [0.717, 1.165) is 47.8 Å². The summed E-state index contributed by atoms with van der Waals surface area (Å²) in [4.78, 5) is 0. The van der Waals surface area contributed by atoms with Crippen LogP contribution in [0.5, 0.6) is 0 Å². The molecule has 2 N–H and O–H groups in total. The summed E-state index contributed by atoms with van der Waals surface area (Å²) in [6.07, 6.45) is 18.7. The second kappa shape index (κ2) is 18.3. The molecule has 0 radical (unpaired) electrons. The molecule has 1 heteroatoms. The van der Waals surface area contributed by atoms with Crippen molar-refractivity contribution >= 4 is 0 Å². The molecule has 7 atom stereocenters. The topological polar surface area (TPSA) is 26.0 Å². The summed E-state index contributed by atoms with van der Waals surface area (Å²) >= 11 is 0. The van der Waals surface area contributed by atoms with Crippen LogP contribution in [-0.2, 0) is 0 Å². The Morgan fingerprint density at radius 3 is 1.78 bits per heavy atom. The predicted octanol–water partition coefficient (Wildman–Crippen LogP) is 11.7. The maximum atomic E-state index is 6.51. The van der Waals surface area contributed by atoms with Gasteiger partial charge in [-0.15, -0.1) is 0 Å². The smallest absolute Gasteiger partial charge is 0.0128 e. The Morgan fingerprint density at radius 2 is 1.25 bits per heavy atom. The van der Waals surface area contributed by atoms with Crippen molar-refractivity contribution in [1.29, 1.82) is 0 Å². The molecule has 36 heavy (non-hydrogen) atoms. The van der Waals surface area contributed by atoms with Crippen LogP contribution in [0.2, 0.25) is 0 Å². The van der Waals surface area contributed by atoms with Crippen molar-refractivity contribution in [3.63, 3.8) is 0 Å². The lowest BCUT2D eigenvalue weighted by molar-refractivity contribution is 0.185. The highest BCUT2D eigenvalue weighted by atomic mass is 14.7. The van der Waals surface area contributed by atoms with Crippen molar-refractivity contribution < 1.29 is 0 Å². The van der Waals surface area contributed by atoms with Crippen molar-refractivity contribution in [3.8, 4) is 0 Å². The number of rotatable bonds is 22. The zero-order valence-corrected chi connectivity index (χ0v) is 27.5. The van der Waals surface area contributed by atoms with Crippen LogP contribution in [0.1, 0.15) is 173 Å². The average molecular weight is 508 g/mol. The van der Waals surface area contributed by atoms with Gasteiger partial charge in [-0.3, -0.25) is 0 Å². The average Bonchev–Trinajstić information content (AvgIpc) is 2.77. The van der Waals surface area contributed by atoms with Gasteiger partial charge < -0.3 is 5.73 Å². The zero-order valence-electron chi connectivity index (χ0n) is 27.5. The molecular weight excluding hydrogens is 434 g/mol.